The molecule has 1 heterocycles. The van der Waals surface area contributed by atoms with E-state index in [-0.39, 0.29) is 0 Å². The Morgan fingerprint density at radius 1 is 0.867 bits per heavy atom. The minimum absolute atomic E-state index is 0.410. The number of aliphatic hydroxyl groups excluding tert-OH is 4. The van der Waals surface area contributed by atoms with Crippen LogP contribution in [0.3, 0.4) is 0 Å². The fourth-order valence-corrected chi connectivity index (χ4v) is 5.07. The van der Waals surface area contributed by atoms with E-state index in [1.807, 2.05) is 0 Å². The normalized spacial score (nSPS) is 31.0. The lowest BCUT2D eigenvalue weighted by atomic mass is 9.87. The van der Waals surface area contributed by atoms with Gasteiger partial charge in [0.05, 0.1) is 6.61 Å². The van der Waals surface area contributed by atoms with Gasteiger partial charge >= 0.3 is 0 Å². The summed E-state index contributed by atoms with van der Waals surface area (Å²) < 4.78 is 5.82. The molecule has 160 valence electrons. The molecule has 0 radical (unpaired) electrons. The van der Waals surface area contributed by atoms with Crippen molar-refractivity contribution < 1.29 is 25.2 Å². The Kier molecular flexibility index (Phi) is 5.42. The number of benzene rings is 2. The van der Waals surface area contributed by atoms with Gasteiger partial charge in [-0.3, -0.25) is 0 Å². The molecule has 1 saturated heterocycles. The van der Waals surface area contributed by atoms with Gasteiger partial charge in [0.2, 0.25) is 0 Å². The van der Waals surface area contributed by atoms with Crippen LogP contribution < -0.4 is 0 Å². The molecule has 1 saturated carbocycles. The molecule has 5 heteroatoms. The van der Waals surface area contributed by atoms with Crippen LogP contribution in [0.25, 0.3) is 0 Å². The SMILES string of the molecule is OC[C@H]1O[C@@H](c2cc3c(c(Cc4ccc(C5CC5)cc4)c2)CCC3)[C@H](O)[C@@H](O)[C@@H]1O. The summed E-state index contributed by atoms with van der Waals surface area (Å²) in [5, 5.41) is 40.4. The molecule has 3 aliphatic rings. The van der Waals surface area contributed by atoms with Crippen molar-refractivity contribution >= 4 is 0 Å². The topological polar surface area (TPSA) is 90.2 Å². The number of hydrogen-bond acceptors (Lipinski definition) is 5. The third-order valence-electron chi connectivity index (χ3n) is 6.97. The molecule has 30 heavy (non-hydrogen) atoms. The van der Waals surface area contributed by atoms with Crippen LogP contribution in [0.15, 0.2) is 36.4 Å². The fraction of sp³-hybridized carbons (Fsp3) is 0.520. The molecule has 5 nitrogen and oxygen atoms in total. The van der Waals surface area contributed by atoms with E-state index in [9.17, 15) is 20.4 Å². The second-order valence-corrected chi connectivity index (χ2v) is 9.11. The van der Waals surface area contributed by atoms with Crippen LogP contribution >= 0.6 is 0 Å². The lowest BCUT2D eigenvalue weighted by molar-refractivity contribution is -0.231. The van der Waals surface area contributed by atoms with E-state index < -0.39 is 37.1 Å². The largest absolute Gasteiger partial charge is 0.394 e. The van der Waals surface area contributed by atoms with Crippen LogP contribution in [0.1, 0.15) is 64.7 Å². The van der Waals surface area contributed by atoms with Gasteiger partial charge in [-0.15, -0.1) is 0 Å². The van der Waals surface area contributed by atoms with Crippen molar-refractivity contribution in [2.75, 3.05) is 6.61 Å². The van der Waals surface area contributed by atoms with Crippen LogP contribution in [0.4, 0.5) is 0 Å². The quantitative estimate of drug-likeness (QED) is 0.607. The number of hydrogen-bond donors (Lipinski definition) is 4. The molecule has 0 unspecified atom stereocenters. The molecule has 0 aromatic heterocycles. The van der Waals surface area contributed by atoms with Crippen LogP contribution in [-0.2, 0) is 24.0 Å². The first-order valence-corrected chi connectivity index (χ1v) is 11.1. The summed E-state index contributed by atoms with van der Waals surface area (Å²) in [6.07, 6.45) is 0.985. The van der Waals surface area contributed by atoms with Gasteiger partial charge in [-0.05, 0) is 77.8 Å². The second-order valence-electron chi connectivity index (χ2n) is 9.11. The lowest BCUT2D eigenvalue weighted by Crippen LogP contribution is -2.55. The highest BCUT2D eigenvalue weighted by molar-refractivity contribution is 5.45. The fourth-order valence-electron chi connectivity index (χ4n) is 5.07. The Labute approximate surface area is 177 Å². The zero-order valence-electron chi connectivity index (χ0n) is 17.1. The van der Waals surface area contributed by atoms with Crippen molar-refractivity contribution in [1.82, 2.24) is 0 Å². The number of rotatable bonds is 5. The Morgan fingerprint density at radius 2 is 1.63 bits per heavy atom. The molecule has 2 fully saturated rings. The predicted molar refractivity (Wildman–Crippen MR) is 112 cm³/mol. The molecule has 2 aromatic rings. The van der Waals surface area contributed by atoms with Gasteiger partial charge in [0, 0.05) is 0 Å². The molecule has 1 aliphatic heterocycles. The van der Waals surface area contributed by atoms with Crippen LogP contribution in [0, 0.1) is 0 Å². The first-order valence-electron chi connectivity index (χ1n) is 11.1. The number of fused-ring (bicyclic) bond motifs is 1. The van der Waals surface area contributed by atoms with Gasteiger partial charge in [0.25, 0.3) is 0 Å². The van der Waals surface area contributed by atoms with Crippen molar-refractivity contribution in [3.05, 3.63) is 69.8 Å². The molecule has 4 N–H and O–H groups in total. The highest BCUT2D eigenvalue weighted by Crippen LogP contribution is 2.40. The molecule has 2 aromatic carbocycles. The first kappa shape index (κ1) is 20.2. The highest BCUT2D eigenvalue weighted by atomic mass is 16.5. The van der Waals surface area contributed by atoms with E-state index in [0.717, 1.165) is 37.2 Å². The minimum Gasteiger partial charge on any atom is -0.394 e. The summed E-state index contributed by atoms with van der Waals surface area (Å²) in [6.45, 7) is -0.410. The Balaban J connectivity index is 1.45. The van der Waals surface area contributed by atoms with E-state index in [0.29, 0.717) is 0 Å². The number of aliphatic hydroxyl groups is 4. The number of aryl methyl sites for hydroxylation is 1. The summed E-state index contributed by atoms with van der Waals surface area (Å²) in [7, 11) is 0. The summed E-state index contributed by atoms with van der Waals surface area (Å²) >= 11 is 0. The Morgan fingerprint density at radius 3 is 2.33 bits per heavy atom. The smallest absolute Gasteiger partial charge is 0.113 e. The summed E-state index contributed by atoms with van der Waals surface area (Å²) in [4.78, 5) is 0. The molecule has 0 bridgehead atoms. The Bertz CT molecular complexity index is 903. The zero-order chi connectivity index (χ0) is 20.8. The maximum absolute atomic E-state index is 10.6. The third kappa shape index (κ3) is 3.70. The standard InChI is InChI=1S/C25H30O5/c26-13-21-22(27)23(28)24(29)25(30-21)19-11-17-2-1-3-20(17)18(12-19)10-14-4-6-15(7-5-14)16-8-9-16/h4-7,11-12,16,21-29H,1-3,8-10,13H2/t21-,22-,23+,24-,25+/m1/s1. The average Bonchev–Trinajstić information content (AvgIpc) is 3.50. The van der Waals surface area contributed by atoms with E-state index in [1.54, 1.807) is 0 Å². The molecule has 2 aliphatic carbocycles. The molecule has 0 spiro atoms. The first-order chi connectivity index (χ1) is 14.5. The predicted octanol–water partition coefficient (Wildman–Crippen LogP) is 2.16. The average molecular weight is 411 g/mol. The maximum atomic E-state index is 10.6. The van der Waals surface area contributed by atoms with Crippen molar-refractivity contribution in [2.45, 2.75) is 75.0 Å². The van der Waals surface area contributed by atoms with Crippen molar-refractivity contribution in [3.63, 3.8) is 0 Å². The maximum Gasteiger partial charge on any atom is 0.113 e. The van der Waals surface area contributed by atoms with E-state index in [4.69, 9.17) is 4.74 Å². The van der Waals surface area contributed by atoms with Gasteiger partial charge in [0.15, 0.2) is 0 Å². The second kappa shape index (κ2) is 8.06. The summed E-state index contributed by atoms with van der Waals surface area (Å²) in [5.74, 6) is 0.748. The zero-order valence-corrected chi connectivity index (χ0v) is 17.1. The summed E-state index contributed by atoms with van der Waals surface area (Å²) in [6, 6.07) is 13.1. The van der Waals surface area contributed by atoms with Crippen LogP contribution in [0.5, 0.6) is 0 Å². The molecule has 5 atom stereocenters. The minimum atomic E-state index is -1.35. The van der Waals surface area contributed by atoms with Crippen molar-refractivity contribution in [2.24, 2.45) is 0 Å². The lowest BCUT2D eigenvalue weighted by Gasteiger charge is -2.40. The van der Waals surface area contributed by atoms with Crippen LogP contribution in [-0.4, -0.2) is 51.4 Å². The Hall–Kier alpha value is -1.76. The summed E-state index contributed by atoms with van der Waals surface area (Å²) in [5.41, 5.74) is 7.38. The highest BCUT2D eigenvalue weighted by Gasteiger charge is 2.44. The third-order valence-corrected chi connectivity index (χ3v) is 6.97. The van der Waals surface area contributed by atoms with E-state index in [1.165, 1.54) is 40.7 Å². The van der Waals surface area contributed by atoms with Gasteiger partial charge < -0.3 is 25.2 Å². The molecular weight excluding hydrogens is 380 g/mol. The molecular formula is C25H30O5. The monoisotopic (exact) mass is 410 g/mol. The van der Waals surface area contributed by atoms with E-state index in [2.05, 4.69) is 36.4 Å². The van der Waals surface area contributed by atoms with Gasteiger partial charge in [-0.25, -0.2) is 0 Å². The van der Waals surface area contributed by atoms with Gasteiger partial charge in [0.1, 0.15) is 30.5 Å². The van der Waals surface area contributed by atoms with Gasteiger partial charge in [-0.2, -0.15) is 0 Å². The van der Waals surface area contributed by atoms with Crippen molar-refractivity contribution in [1.29, 1.82) is 0 Å². The van der Waals surface area contributed by atoms with Gasteiger partial charge in [-0.1, -0.05) is 36.4 Å². The molecule has 0 amide bonds. The number of ether oxygens (including phenoxy) is 1. The van der Waals surface area contributed by atoms with E-state index >= 15 is 0 Å². The van der Waals surface area contributed by atoms with Crippen LogP contribution in [0.2, 0.25) is 0 Å². The molecule has 5 rings (SSSR count). The van der Waals surface area contributed by atoms with Crippen molar-refractivity contribution in [3.8, 4) is 0 Å².